The van der Waals surface area contributed by atoms with Gasteiger partial charge in [-0.1, -0.05) is 45.4 Å². The van der Waals surface area contributed by atoms with Gasteiger partial charge in [0.2, 0.25) is 0 Å². The van der Waals surface area contributed by atoms with E-state index in [-0.39, 0.29) is 0 Å². The highest BCUT2D eigenvalue weighted by Gasteiger charge is 2.29. The first-order valence-corrected chi connectivity index (χ1v) is 6.03. The molecular formula is C12H25N. The third kappa shape index (κ3) is 3.30. The molecule has 0 aromatic heterocycles. The number of rotatable bonds is 5. The van der Waals surface area contributed by atoms with E-state index in [2.05, 4.69) is 6.92 Å². The quantitative estimate of drug-likeness (QED) is 0.649. The third-order valence-corrected chi connectivity index (χ3v) is 3.66. The molecule has 0 bridgehead atoms. The van der Waals surface area contributed by atoms with E-state index < -0.39 is 0 Å². The van der Waals surface area contributed by atoms with E-state index in [4.69, 9.17) is 5.73 Å². The maximum Gasteiger partial charge on any atom is -0.00205 e. The lowest BCUT2D eigenvalue weighted by molar-refractivity contribution is 0.177. The first-order valence-electron chi connectivity index (χ1n) is 6.03. The summed E-state index contributed by atoms with van der Waals surface area (Å²) in [7, 11) is 0. The molecule has 13 heavy (non-hydrogen) atoms. The second kappa shape index (κ2) is 5.64. The molecule has 1 saturated carbocycles. The summed E-state index contributed by atoms with van der Waals surface area (Å²) in [5.41, 5.74) is 6.47. The summed E-state index contributed by atoms with van der Waals surface area (Å²) in [5, 5.41) is 0. The summed E-state index contributed by atoms with van der Waals surface area (Å²) in [6.07, 6.45) is 12.6. The van der Waals surface area contributed by atoms with E-state index in [0.29, 0.717) is 5.41 Å². The smallest absolute Gasteiger partial charge is 0.00205 e. The van der Waals surface area contributed by atoms with Gasteiger partial charge in [0, 0.05) is 0 Å². The Morgan fingerprint density at radius 3 is 2.31 bits per heavy atom. The maximum atomic E-state index is 5.92. The van der Waals surface area contributed by atoms with Gasteiger partial charge >= 0.3 is 0 Å². The fourth-order valence-electron chi connectivity index (χ4n) is 2.61. The van der Waals surface area contributed by atoms with Gasteiger partial charge in [-0.2, -0.15) is 0 Å². The zero-order valence-corrected chi connectivity index (χ0v) is 9.15. The van der Waals surface area contributed by atoms with E-state index in [1.807, 2.05) is 0 Å². The average molecular weight is 183 g/mol. The van der Waals surface area contributed by atoms with Crippen molar-refractivity contribution in [1.29, 1.82) is 0 Å². The Kier molecular flexibility index (Phi) is 4.79. The fraction of sp³-hybridized carbons (Fsp3) is 1.00. The molecular weight excluding hydrogens is 158 g/mol. The van der Waals surface area contributed by atoms with Crippen LogP contribution in [0.2, 0.25) is 0 Å². The summed E-state index contributed by atoms with van der Waals surface area (Å²) in [5.74, 6) is 0. The molecule has 1 nitrogen and oxygen atoms in total. The standard InChI is InChI=1S/C12H25N/c1-2-3-5-8-12(11-13)9-6-4-7-10-12/h2-11,13H2,1H3. The Morgan fingerprint density at radius 1 is 1.08 bits per heavy atom. The molecule has 0 aromatic carbocycles. The second-order valence-corrected chi connectivity index (χ2v) is 4.72. The molecule has 0 radical (unpaired) electrons. The zero-order chi connectivity index (χ0) is 9.57. The summed E-state index contributed by atoms with van der Waals surface area (Å²) >= 11 is 0. The monoisotopic (exact) mass is 183 g/mol. The molecule has 78 valence electrons. The van der Waals surface area contributed by atoms with Crippen molar-refractivity contribution in [2.24, 2.45) is 11.1 Å². The van der Waals surface area contributed by atoms with Crippen LogP contribution in [0.4, 0.5) is 0 Å². The molecule has 1 heteroatoms. The molecule has 0 atom stereocenters. The molecule has 0 saturated heterocycles. The lowest BCUT2D eigenvalue weighted by atomic mass is 9.71. The average Bonchev–Trinajstić information content (AvgIpc) is 2.20. The minimum absolute atomic E-state index is 0.549. The number of hydrogen-bond donors (Lipinski definition) is 1. The summed E-state index contributed by atoms with van der Waals surface area (Å²) < 4.78 is 0. The molecule has 0 amide bonds. The van der Waals surface area contributed by atoms with Crippen molar-refractivity contribution < 1.29 is 0 Å². The van der Waals surface area contributed by atoms with Gasteiger partial charge in [0.15, 0.2) is 0 Å². The van der Waals surface area contributed by atoms with E-state index in [1.165, 1.54) is 57.8 Å². The Morgan fingerprint density at radius 2 is 1.77 bits per heavy atom. The van der Waals surface area contributed by atoms with Crippen LogP contribution in [-0.4, -0.2) is 6.54 Å². The number of nitrogens with two attached hydrogens (primary N) is 1. The predicted octanol–water partition coefficient (Wildman–Crippen LogP) is 3.48. The Hall–Kier alpha value is -0.0400. The number of hydrogen-bond acceptors (Lipinski definition) is 1. The highest BCUT2D eigenvalue weighted by molar-refractivity contribution is 4.83. The van der Waals surface area contributed by atoms with Crippen LogP contribution < -0.4 is 5.73 Å². The van der Waals surface area contributed by atoms with Crippen LogP contribution in [-0.2, 0) is 0 Å². The van der Waals surface area contributed by atoms with Crippen molar-refractivity contribution in [1.82, 2.24) is 0 Å². The SMILES string of the molecule is CCCCCC1(CN)CCCCC1. The third-order valence-electron chi connectivity index (χ3n) is 3.66. The van der Waals surface area contributed by atoms with Gasteiger partial charge in [-0.15, -0.1) is 0 Å². The van der Waals surface area contributed by atoms with Crippen LogP contribution in [0.3, 0.4) is 0 Å². The van der Waals surface area contributed by atoms with E-state index in [1.54, 1.807) is 0 Å². The van der Waals surface area contributed by atoms with Gasteiger partial charge in [-0.25, -0.2) is 0 Å². The fourth-order valence-corrected chi connectivity index (χ4v) is 2.61. The van der Waals surface area contributed by atoms with Crippen molar-refractivity contribution in [3.8, 4) is 0 Å². The first kappa shape index (κ1) is 11.0. The van der Waals surface area contributed by atoms with Gasteiger partial charge in [-0.3, -0.25) is 0 Å². The predicted molar refractivity (Wildman–Crippen MR) is 58.7 cm³/mol. The number of unbranched alkanes of at least 4 members (excludes halogenated alkanes) is 2. The minimum Gasteiger partial charge on any atom is -0.330 e. The minimum atomic E-state index is 0.549. The first-order chi connectivity index (χ1) is 6.33. The molecule has 0 unspecified atom stereocenters. The van der Waals surface area contributed by atoms with Crippen LogP contribution in [0.15, 0.2) is 0 Å². The highest BCUT2D eigenvalue weighted by atomic mass is 14.6. The molecule has 1 aliphatic carbocycles. The van der Waals surface area contributed by atoms with E-state index in [0.717, 1.165) is 6.54 Å². The van der Waals surface area contributed by atoms with Gasteiger partial charge < -0.3 is 5.73 Å². The molecule has 2 N–H and O–H groups in total. The van der Waals surface area contributed by atoms with Crippen LogP contribution in [0, 0.1) is 5.41 Å². The maximum absolute atomic E-state index is 5.92. The lowest BCUT2D eigenvalue weighted by Gasteiger charge is -2.36. The molecule has 1 fully saturated rings. The van der Waals surface area contributed by atoms with Crippen molar-refractivity contribution >= 4 is 0 Å². The van der Waals surface area contributed by atoms with Gasteiger partial charge in [0.05, 0.1) is 0 Å². The van der Waals surface area contributed by atoms with Crippen molar-refractivity contribution in [3.63, 3.8) is 0 Å². The topological polar surface area (TPSA) is 26.0 Å². The highest BCUT2D eigenvalue weighted by Crippen LogP contribution is 2.39. The largest absolute Gasteiger partial charge is 0.330 e. The molecule has 0 heterocycles. The van der Waals surface area contributed by atoms with Gasteiger partial charge in [0.25, 0.3) is 0 Å². The van der Waals surface area contributed by atoms with E-state index >= 15 is 0 Å². The molecule has 0 spiro atoms. The molecule has 1 aliphatic rings. The summed E-state index contributed by atoms with van der Waals surface area (Å²) in [6.45, 7) is 3.20. The molecule has 0 aliphatic heterocycles. The van der Waals surface area contributed by atoms with E-state index in [9.17, 15) is 0 Å². The van der Waals surface area contributed by atoms with Crippen LogP contribution in [0.1, 0.15) is 64.7 Å². The molecule has 0 aromatic rings. The summed E-state index contributed by atoms with van der Waals surface area (Å²) in [4.78, 5) is 0. The Balaban J connectivity index is 2.29. The molecule has 1 rings (SSSR count). The van der Waals surface area contributed by atoms with Crippen LogP contribution in [0.25, 0.3) is 0 Å². The van der Waals surface area contributed by atoms with Crippen LogP contribution in [0.5, 0.6) is 0 Å². The van der Waals surface area contributed by atoms with Crippen molar-refractivity contribution in [2.45, 2.75) is 64.7 Å². The Labute approximate surface area is 83.1 Å². The van der Waals surface area contributed by atoms with Crippen LogP contribution >= 0.6 is 0 Å². The van der Waals surface area contributed by atoms with Gasteiger partial charge in [-0.05, 0) is 31.2 Å². The lowest BCUT2D eigenvalue weighted by Crippen LogP contribution is -2.32. The summed E-state index contributed by atoms with van der Waals surface area (Å²) in [6, 6.07) is 0. The normalized spacial score (nSPS) is 21.7. The van der Waals surface area contributed by atoms with Gasteiger partial charge in [0.1, 0.15) is 0 Å². The zero-order valence-electron chi connectivity index (χ0n) is 9.15. The Bertz CT molecular complexity index is 125. The second-order valence-electron chi connectivity index (χ2n) is 4.72. The van der Waals surface area contributed by atoms with Crippen molar-refractivity contribution in [2.75, 3.05) is 6.54 Å². The van der Waals surface area contributed by atoms with Crippen molar-refractivity contribution in [3.05, 3.63) is 0 Å².